The smallest absolute Gasteiger partial charge is 0.261 e. The fourth-order valence-corrected chi connectivity index (χ4v) is 4.96. The molecule has 1 fully saturated rings. The van der Waals surface area contributed by atoms with Crippen molar-refractivity contribution >= 4 is 21.6 Å². The number of likely N-dealkylation sites (tertiary alicyclic amines) is 1. The van der Waals surface area contributed by atoms with Crippen LogP contribution in [0.4, 0.5) is 5.69 Å². The van der Waals surface area contributed by atoms with Crippen LogP contribution in [0.1, 0.15) is 54.1 Å². The van der Waals surface area contributed by atoms with E-state index in [4.69, 9.17) is 0 Å². The second-order valence-corrected chi connectivity index (χ2v) is 10.1. The largest absolute Gasteiger partial charge is 0.349 e. The fourth-order valence-electron chi connectivity index (χ4n) is 3.88. The van der Waals surface area contributed by atoms with E-state index in [9.17, 15) is 13.2 Å². The first kappa shape index (κ1) is 23.3. The van der Waals surface area contributed by atoms with E-state index >= 15 is 0 Å². The highest BCUT2D eigenvalue weighted by atomic mass is 32.2. The van der Waals surface area contributed by atoms with Crippen LogP contribution in [-0.2, 0) is 10.0 Å². The van der Waals surface area contributed by atoms with Crippen molar-refractivity contribution in [3.05, 3.63) is 59.2 Å². The van der Waals surface area contributed by atoms with E-state index in [-0.39, 0.29) is 16.8 Å². The highest BCUT2D eigenvalue weighted by Gasteiger charge is 2.23. The zero-order valence-corrected chi connectivity index (χ0v) is 19.5. The Kier molecular flexibility index (Phi) is 7.73. The molecule has 1 aliphatic rings. The highest BCUT2D eigenvalue weighted by molar-refractivity contribution is 7.92. The molecule has 3 rings (SSSR count). The number of hydrogen-bond acceptors (Lipinski definition) is 4. The van der Waals surface area contributed by atoms with Gasteiger partial charge in [-0.15, -0.1) is 0 Å². The predicted octanol–water partition coefficient (Wildman–Crippen LogP) is 4.10. The number of rotatable bonds is 8. The molecule has 0 saturated carbocycles. The molecule has 1 saturated heterocycles. The van der Waals surface area contributed by atoms with E-state index in [1.807, 2.05) is 19.9 Å². The minimum Gasteiger partial charge on any atom is -0.349 e. The average Bonchev–Trinajstić information content (AvgIpc) is 2.73. The lowest BCUT2D eigenvalue weighted by atomic mass is 10.0. The zero-order chi connectivity index (χ0) is 22.4. The number of aryl methyl sites for hydroxylation is 2. The van der Waals surface area contributed by atoms with E-state index in [0.717, 1.165) is 43.6 Å². The molecule has 2 aromatic carbocycles. The van der Waals surface area contributed by atoms with E-state index in [1.165, 1.54) is 25.0 Å². The highest BCUT2D eigenvalue weighted by Crippen LogP contribution is 2.21. The Morgan fingerprint density at radius 2 is 1.84 bits per heavy atom. The van der Waals surface area contributed by atoms with Crippen molar-refractivity contribution in [1.29, 1.82) is 0 Å². The lowest BCUT2D eigenvalue weighted by molar-refractivity contribution is 0.0910. The standard InChI is InChI=1S/C24H33N3O3S/c1-4-5-13-27-14-11-20(12-15-27)25-24(28)23-17-22(10-9-19(23)3)31(29,30)26-21-8-6-7-18(2)16-21/h6-10,16-17,20,26H,4-5,11-15H2,1-3H3,(H,25,28). The maximum absolute atomic E-state index is 12.9. The van der Waals surface area contributed by atoms with Crippen molar-refractivity contribution < 1.29 is 13.2 Å². The van der Waals surface area contributed by atoms with Crippen LogP contribution in [0.25, 0.3) is 0 Å². The number of anilines is 1. The van der Waals surface area contributed by atoms with E-state index in [1.54, 1.807) is 24.3 Å². The number of amides is 1. The van der Waals surface area contributed by atoms with Crippen molar-refractivity contribution in [3.63, 3.8) is 0 Å². The number of carbonyl (C=O) groups excluding carboxylic acids is 1. The number of unbranched alkanes of at least 4 members (excludes halogenated alkanes) is 1. The van der Waals surface area contributed by atoms with Gasteiger partial charge >= 0.3 is 0 Å². The molecule has 1 heterocycles. The molecule has 7 heteroatoms. The van der Waals surface area contributed by atoms with Crippen LogP contribution in [0.2, 0.25) is 0 Å². The SMILES string of the molecule is CCCCN1CCC(NC(=O)c2cc(S(=O)(=O)Nc3cccc(C)c3)ccc2C)CC1. The Bertz CT molecular complexity index is 1010. The van der Waals surface area contributed by atoms with Gasteiger partial charge in [0, 0.05) is 30.4 Å². The third-order valence-corrected chi connectivity index (χ3v) is 7.16. The lowest BCUT2D eigenvalue weighted by Gasteiger charge is -2.32. The predicted molar refractivity (Wildman–Crippen MR) is 125 cm³/mol. The summed E-state index contributed by atoms with van der Waals surface area (Å²) in [5, 5.41) is 3.11. The van der Waals surface area contributed by atoms with Crippen LogP contribution in [-0.4, -0.2) is 44.9 Å². The van der Waals surface area contributed by atoms with Gasteiger partial charge in [0.25, 0.3) is 15.9 Å². The van der Waals surface area contributed by atoms with Gasteiger partial charge < -0.3 is 10.2 Å². The summed E-state index contributed by atoms with van der Waals surface area (Å²) < 4.78 is 28.3. The third kappa shape index (κ3) is 6.31. The van der Waals surface area contributed by atoms with Crippen molar-refractivity contribution in [3.8, 4) is 0 Å². The van der Waals surface area contributed by atoms with E-state index in [2.05, 4.69) is 21.9 Å². The first-order valence-electron chi connectivity index (χ1n) is 11.0. The number of benzene rings is 2. The average molecular weight is 444 g/mol. The minimum absolute atomic E-state index is 0.0825. The number of nitrogens with one attached hydrogen (secondary N) is 2. The monoisotopic (exact) mass is 443 g/mol. The molecule has 2 aromatic rings. The van der Waals surface area contributed by atoms with Gasteiger partial charge in [-0.25, -0.2) is 8.42 Å². The molecule has 0 atom stereocenters. The van der Waals surface area contributed by atoms with Crippen LogP contribution < -0.4 is 10.0 Å². The van der Waals surface area contributed by atoms with Crippen molar-refractivity contribution in [2.75, 3.05) is 24.4 Å². The van der Waals surface area contributed by atoms with E-state index in [0.29, 0.717) is 11.3 Å². The molecule has 1 amide bonds. The summed E-state index contributed by atoms with van der Waals surface area (Å²) in [7, 11) is -3.79. The van der Waals surface area contributed by atoms with Crippen molar-refractivity contribution in [1.82, 2.24) is 10.2 Å². The van der Waals surface area contributed by atoms with Gasteiger partial charge in [-0.2, -0.15) is 0 Å². The molecule has 6 nitrogen and oxygen atoms in total. The van der Waals surface area contributed by atoms with Crippen LogP contribution in [0, 0.1) is 13.8 Å². The lowest BCUT2D eigenvalue weighted by Crippen LogP contribution is -2.45. The minimum atomic E-state index is -3.79. The first-order valence-corrected chi connectivity index (χ1v) is 12.5. The molecule has 0 aliphatic carbocycles. The Hall–Kier alpha value is -2.38. The molecule has 0 unspecified atom stereocenters. The molecule has 168 valence electrons. The molecule has 0 bridgehead atoms. The molecular formula is C24H33N3O3S. The van der Waals surface area contributed by atoms with Gasteiger partial charge in [0.05, 0.1) is 4.90 Å². The van der Waals surface area contributed by atoms with Gasteiger partial charge in [0.1, 0.15) is 0 Å². The summed E-state index contributed by atoms with van der Waals surface area (Å²) in [6.07, 6.45) is 4.23. The fraction of sp³-hybridized carbons (Fsp3) is 0.458. The van der Waals surface area contributed by atoms with Gasteiger partial charge in [-0.3, -0.25) is 9.52 Å². The summed E-state index contributed by atoms with van der Waals surface area (Å²) in [5.41, 5.74) is 2.62. The molecule has 0 spiro atoms. The van der Waals surface area contributed by atoms with Crippen LogP contribution in [0.5, 0.6) is 0 Å². The van der Waals surface area contributed by atoms with Crippen LogP contribution in [0.3, 0.4) is 0 Å². The Labute approximate surface area is 186 Å². The van der Waals surface area contributed by atoms with E-state index < -0.39 is 10.0 Å². The maximum atomic E-state index is 12.9. The number of carbonyl (C=O) groups is 1. The Balaban J connectivity index is 1.68. The summed E-state index contributed by atoms with van der Waals surface area (Å²) in [6.45, 7) is 9.01. The number of piperidine rings is 1. The van der Waals surface area contributed by atoms with Crippen LogP contribution >= 0.6 is 0 Å². The molecule has 2 N–H and O–H groups in total. The number of nitrogens with zero attached hydrogens (tertiary/aromatic N) is 1. The molecule has 1 aliphatic heterocycles. The normalized spacial score (nSPS) is 15.6. The Morgan fingerprint density at radius 1 is 1.10 bits per heavy atom. The summed E-state index contributed by atoms with van der Waals surface area (Å²) >= 11 is 0. The molecule has 31 heavy (non-hydrogen) atoms. The maximum Gasteiger partial charge on any atom is 0.261 e. The zero-order valence-electron chi connectivity index (χ0n) is 18.6. The quantitative estimate of drug-likeness (QED) is 0.644. The van der Waals surface area contributed by atoms with Crippen molar-refractivity contribution in [2.24, 2.45) is 0 Å². The first-order chi connectivity index (χ1) is 14.8. The van der Waals surface area contributed by atoms with Crippen LogP contribution in [0.15, 0.2) is 47.4 Å². The van der Waals surface area contributed by atoms with Gasteiger partial charge in [-0.05, 0) is 75.0 Å². The van der Waals surface area contributed by atoms with Crippen molar-refractivity contribution in [2.45, 2.75) is 57.4 Å². The summed E-state index contributed by atoms with van der Waals surface area (Å²) in [5.74, 6) is -0.211. The second kappa shape index (κ2) is 10.3. The molecule has 0 aromatic heterocycles. The third-order valence-electron chi connectivity index (χ3n) is 5.78. The summed E-state index contributed by atoms with van der Waals surface area (Å²) in [4.78, 5) is 15.5. The summed E-state index contributed by atoms with van der Waals surface area (Å²) in [6, 6.07) is 12.0. The van der Waals surface area contributed by atoms with Gasteiger partial charge in [0.2, 0.25) is 0 Å². The topological polar surface area (TPSA) is 78.5 Å². The molecule has 0 radical (unpaired) electrons. The Morgan fingerprint density at radius 3 is 2.52 bits per heavy atom. The molecular weight excluding hydrogens is 410 g/mol. The van der Waals surface area contributed by atoms with Gasteiger partial charge in [0.15, 0.2) is 0 Å². The second-order valence-electron chi connectivity index (χ2n) is 8.39. The van der Waals surface area contributed by atoms with Gasteiger partial charge in [-0.1, -0.05) is 31.5 Å². The number of sulfonamides is 1. The number of hydrogen-bond donors (Lipinski definition) is 2.